The summed E-state index contributed by atoms with van der Waals surface area (Å²) in [6, 6.07) is 24.9. The standard InChI is InChI=1S/C32H35N3O6/c1-35(18-21-9-3-2-4-10-21)19-28(31(37)38)34-30(36)29-22(15-16-40-29)17-33-32(39)41-20-27-25-13-7-5-11-23(25)24-12-6-8-14-26(24)27/h2-14,22,27-29H,15-20H2,1H3,(H,33,39)(H,34,36)(H,37,38)/t22-,28?,29-/m1/s1. The zero-order valence-electron chi connectivity index (χ0n) is 23.0. The summed E-state index contributed by atoms with van der Waals surface area (Å²) in [5.74, 6) is -1.96. The average molecular weight is 558 g/mol. The molecule has 1 fully saturated rings. The van der Waals surface area contributed by atoms with E-state index in [0.29, 0.717) is 19.6 Å². The van der Waals surface area contributed by atoms with Crippen molar-refractivity contribution in [1.29, 1.82) is 0 Å². The predicted molar refractivity (Wildman–Crippen MR) is 153 cm³/mol. The lowest BCUT2D eigenvalue weighted by molar-refractivity contribution is -0.144. The Bertz CT molecular complexity index is 1340. The number of fused-ring (bicyclic) bond motifs is 3. The molecule has 214 valence electrons. The number of hydrogen-bond acceptors (Lipinski definition) is 6. The van der Waals surface area contributed by atoms with E-state index in [-0.39, 0.29) is 31.5 Å². The number of nitrogens with one attached hydrogen (secondary N) is 2. The van der Waals surface area contributed by atoms with Gasteiger partial charge in [-0.2, -0.15) is 0 Å². The predicted octanol–water partition coefficient (Wildman–Crippen LogP) is 3.63. The van der Waals surface area contributed by atoms with Crippen LogP contribution in [-0.4, -0.2) is 73.5 Å². The SMILES string of the molecule is CN(Cc1ccccc1)CC(NC(=O)[C@@H]1OCC[C@@H]1CNC(=O)OCC1c2ccccc2-c2ccccc21)C(=O)O. The summed E-state index contributed by atoms with van der Waals surface area (Å²) in [7, 11) is 1.81. The van der Waals surface area contributed by atoms with Gasteiger partial charge in [-0.15, -0.1) is 0 Å². The minimum atomic E-state index is -1.12. The Balaban J connectivity index is 1.11. The van der Waals surface area contributed by atoms with Crippen LogP contribution in [0.1, 0.15) is 29.0 Å². The fourth-order valence-corrected chi connectivity index (χ4v) is 5.71. The number of alkyl carbamates (subject to hydrolysis) is 1. The Morgan fingerprint density at radius 3 is 2.27 bits per heavy atom. The molecular weight excluding hydrogens is 522 g/mol. The third-order valence-electron chi connectivity index (χ3n) is 7.73. The van der Waals surface area contributed by atoms with Crippen LogP contribution in [0, 0.1) is 5.92 Å². The summed E-state index contributed by atoms with van der Waals surface area (Å²) in [5.41, 5.74) is 5.61. The molecule has 0 aromatic heterocycles. The van der Waals surface area contributed by atoms with Gasteiger partial charge in [0.05, 0.1) is 0 Å². The fourth-order valence-electron chi connectivity index (χ4n) is 5.71. The number of ether oxygens (including phenoxy) is 2. The third kappa shape index (κ3) is 6.75. The number of carbonyl (C=O) groups is 3. The van der Waals surface area contributed by atoms with Crippen LogP contribution in [0.15, 0.2) is 78.9 Å². The zero-order valence-corrected chi connectivity index (χ0v) is 23.0. The molecule has 3 atom stereocenters. The molecule has 2 amide bonds. The fraction of sp³-hybridized carbons (Fsp3) is 0.344. The topological polar surface area (TPSA) is 117 Å². The van der Waals surface area contributed by atoms with Crippen LogP contribution in [0.3, 0.4) is 0 Å². The van der Waals surface area contributed by atoms with E-state index in [1.165, 1.54) is 0 Å². The van der Waals surface area contributed by atoms with E-state index in [1.54, 1.807) is 0 Å². The van der Waals surface area contributed by atoms with Crippen molar-refractivity contribution in [3.05, 3.63) is 95.6 Å². The minimum Gasteiger partial charge on any atom is -0.480 e. The Hall–Kier alpha value is -4.21. The van der Waals surface area contributed by atoms with Crippen LogP contribution in [0.5, 0.6) is 0 Å². The molecule has 0 radical (unpaired) electrons. The van der Waals surface area contributed by atoms with Crippen molar-refractivity contribution in [3.8, 4) is 11.1 Å². The average Bonchev–Trinajstić information content (AvgIpc) is 3.58. The number of carbonyl (C=O) groups excluding carboxylic acids is 2. The quantitative estimate of drug-likeness (QED) is 0.330. The van der Waals surface area contributed by atoms with E-state index in [2.05, 4.69) is 34.9 Å². The highest BCUT2D eigenvalue weighted by Crippen LogP contribution is 2.44. The second kappa shape index (κ2) is 13.0. The number of carboxylic acids is 1. The number of nitrogens with zero attached hydrogens (tertiary/aromatic N) is 1. The molecule has 1 aliphatic heterocycles. The molecule has 5 rings (SSSR count). The first-order chi connectivity index (χ1) is 19.9. The summed E-state index contributed by atoms with van der Waals surface area (Å²) < 4.78 is 11.3. The van der Waals surface area contributed by atoms with Gasteiger partial charge < -0.3 is 25.2 Å². The van der Waals surface area contributed by atoms with Crippen molar-refractivity contribution in [2.75, 3.05) is 33.4 Å². The number of carboxylic acid groups (broad SMARTS) is 1. The molecule has 1 unspecified atom stereocenters. The van der Waals surface area contributed by atoms with Gasteiger partial charge in [0, 0.05) is 38.1 Å². The van der Waals surface area contributed by atoms with Gasteiger partial charge in [0.15, 0.2) is 0 Å². The summed E-state index contributed by atoms with van der Waals surface area (Å²) in [6.07, 6.45) is -0.859. The van der Waals surface area contributed by atoms with E-state index in [4.69, 9.17) is 9.47 Å². The van der Waals surface area contributed by atoms with Gasteiger partial charge in [-0.3, -0.25) is 9.69 Å². The molecule has 9 nitrogen and oxygen atoms in total. The van der Waals surface area contributed by atoms with E-state index in [0.717, 1.165) is 27.8 Å². The van der Waals surface area contributed by atoms with Crippen molar-refractivity contribution in [1.82, 2.24) is 15.5 Å². The summed E-state index contributed by atoms with van der Waals surface area (Å²) in [4.78, 5) is 39.4. The van der Waals surface area contributed by atoms with Crippen LogP contribution in [0.2, 0.25) is 0 Å². The molecule has 0 saturated carbocycles. The third-order valence-corrected chi connectivity index (χ3v) is 7.73. The Labute approximate surface area is 239 Å². The van der Waals surface area contributed by atoms with Crippen LogP contribution in [0.4, 0.5) is 4.79 Å². The second-order valence-corrected chi connectivity index (χ2v) is 10.6. The Kier molecular flexibility index (Phi) is 8.96. The molecule has 1 heterocycles. The first-order valence-corrected chi connectivity index (χ1v) is 13.9. The van der Waals surface area contributed by atoms with Crippen molar-refractivity contribution in [2.24, 2.45) is 5.92 Å². The normalized spacial score (nSPS) is 18.4. The number of aliphatic carboxylic acids is 1. The van der Waals surface area contributed by atoms with Gasteiger partial charge in [0.2, 0.25) is 5.91 Å². The number of benzene rings is 3. The first-order valence-electron chi connectivity index (χ1n) is 13.9. The van der Waals surface area contributed by atoms with Gasteiger partial charge in [-0.25, -0.2) is 9.59 Å². The molecule has 0 spiro atoms. The second-order valence-electron chi connectivity index (χ2n) is 10.6. The molecular formula is C32H35N3O6. The lowest BCUT2D eigenvalue weighted by atomic mass is 9.98. The Morgan fingerprint density at radius 2 is 1.61 bits per heavy atom. The highest BCUT2D eigenvalue weighted by atomic mass is 16.5. The monoisotopic (exact) mass is 557 g/mol. The molecule has 0 bridgehead atoms. The molecule has 2 aliphatic rings. The zero-order chi connectivity index (χ0) is 28.8. The van der Waals surface area contributed by atoms with Crippen LogP contribution in [0.25, 0.3) is 11.1 Å². The van der Waals surface area contributed by atoms with Crippen LogP contribution < -0.4 is 10.6 Å². The van der Waals surface area contributed by atoms with E-state index >= 15 is 0 Å². The molecule has 41 heavy (non-hydrogen) atoms. The maximum absolute atomic E-state index is 13.0. The summed E-state index contributed by atoms with van der Waals surface area (Å²) >= 11 is 0. The maximum Gasteiger partial charge on any atom is 0.407 e. The largest absolute Gasteiger partial charge is 0.480 e. The number of hydrogen-bond donors (Lipinski definition) is 3. The minimum absolute atomic E-state index is 0.0468. The summed E-state index contributed by atoms with van der Waals surface area (Å²) in [6.45, 7) is 1.40. The molecule has 1 saturated heterocycles. The van der Waals surface area contributed by atoms with E-state index in [1.807, 2.05) is 66.5 Å². The molecule has 3 N–H and O–H groups in total. The lowest BCUT2D eigenvalue weighted by Crippen LogP contribution is -2.52. The van der Waals surface area contributed by atoms with E-state index < -0.39 is 30.1 Å². The summed E-state index contributed by atoms with van der Waals surface area (Å²) in [5, 5.41) is 15.1. The van der Waals surface area contributed by atoms with Gasteiger partial charge >= 0.3 is 12.1 Å². The van der Waals surface area contributed by atoms with Crippen LogP contribution in [-0.2, 0) is 25.6 Å². The molecule has 3 aromatic carbocycles. The molecule has 9 heteroatoms. The lowest BCUT2D eigenvalue weighted by Gasteiger charge is -2.25. The van der Waals surface area contributed by atoms with Crippen molar-refractivity contribution in [3.63, 3.8) is 0 Å². The van der Waals surface area contributed by atoms with Gasteiger partial charge in [-0.05, 0) is 41.3 Å². The Morgan fingerprint density at radius 1 is 0.976 bits per heavy atom. The van der Waals surface area contributed by atoms with Gasteiger partial charge in [0.25, 0.3) is 0 Å². The number of likely N-dealkylation sites (N-methyl/N-ethyl adjacent to an activating group) is 1. The smallest absolute Gasteiger partial charge is 0.407 e. The van der Waals surface area contributed by atoms with Crippen molar-refractivity contribution < 1.29 is 29.0 Å². The van der Waals surface area contributed by atoms with Crippen molar-refractivity contribution >= 4 is 18.0 Å². The highest BCUT2D eigenvalue weighted by Gasteiger charge is 2.37. The maximum atomic E-state index is 13.0. The number of amides is 2. The van der Waals surface area contributed by atoms with Gasteiger partial charge in [0.1, 0.15) is 18.8 Å². The first kappa shape index (κ1) is 28.3. The van der Waals surface area contributed by atoms with E-state index in [9.17, 15) is 19.5 Å². The van der Waals surface area contributed by atoms with Crippen LogP contribution >= 0.6 is 0 Å². The molecule has 3 aromatic rings. The number of rotatable bonds is 11. The van der Waals surface area contributed by atoms with Crippen molar-refractivity contribution in [2.45, 2.75) is 31.0 Å². The van der Waals surface area contributed by atoms with Gasteiger partial charge in [-0.1, -0.05) is 78.9 Å². The highest BCUT2D eigenvalue weighted by molar-refractivity contribution is 5.87. The molecule has 1 aliphatic carbocycles.